The van der Waals surface area contributed by atoms with Crippen LogP contribution in [0, 0.1) is 0 Å². The van der Waals surface area contributed by atoms with Crippen molar-refractivity contribution in [3.63, 3.8) is 0 Å². The summed E-state index contributed by atoms with van der Waals surface area (Å²) in [6.45, 7) is 3.24. The van der Waals surface area contributed by atoms with Crippen LogP contribution in [0.3, 0.4) is 0 Å². The molecule has 0 spiro atoms. The molecule has 1 fully saturated rings. The Morgan fingerprint density at radius 2 is 1.87 bits per heavy atom. The summed E-state index contributed by atoms with van der Waals surface area (Å²) >= 11 is 6.54. The van der Waals surface area contributed by atoms with Gasteiger partial charge in [0.2, 0.25) is 0 Å². The van der Waals surface area contributed by atoms with Gasteiger partial charge in [-0.15, -0.1) is 0 Å². The fourth-order valence-corrected chi connectivity index (χ4v) is 3.61. The Balaban J connectivity index is 1.68. The quantitative estimate of drug-likeness (QED) is 0.809. The molecular weight excluding hydrogens is 308 g/mol. The summed E-state index contributed by atoms with van der Waals surface area (Å²) in [4.78, 5) is 1.53. The van der Waals surface area contributed by atoms with E-state index >= 15 is 0 Å². The number of nitrogens with two attached hydrogens (primary N) is 1. The number of methoxy groups -OCH3 is 1. The number of piperidine rings is 1. The van der Waals surface area contributed by atoms with Crippen molar-refractivity contribution in [2.45, 2.75) is 25.8 Å². The first kappa shape index (κ1) is 16.3. The minimum Gasteiger partial charge on any atom is -0.496 e. The minimum atomic E-state index is 0.844. The number of hydrogen-bond acceptors (Lipinski definition) is 1. The van der Waals surface area contributed by atoms with Crippen LogP contribution in [0.25, 0.3) is 0 Å². The lowest BCUT2D eigenvalue weighted by atomic mass is 10.1. The molecule has 2 aromatic rings. The van der Waals surface area contributed by atoms with Gasteiger partial charge in [0, 0.05) is 23.8 Å². The van der Waals surface area contributed by atoms with E-state index in [1.54, 1.807) is 7.11 Å². The molecule has 0 bridgehead atoms. The Hall–Kier alpha value is -1.55. The van der Waals surface area contributed by atoms with Crippen molar-refractivity contribution in [3.05, 3.63) is 53.1 Å². The molecule has 4 heteroatoms. The number of quaternary nitrogens is 2. The molecule has 0 saturated carbocycles. The third kappa shape index (κ3) is 4.05. The van der Waals surface area contributed by atoms with Gasteiger partial charge >= 0.3 is 0 Å². The van der Waals surface area contributed by atoms with E-state index in [1.807, 2.05) is 18.2 Å². The zero-order valence-electron chi connectivity index (χ0n) is 13.6. The van der Waals surface area contributed by atoms with Crippen molar-refractivity contribution >= 4 is 23.0 Å². The zero-order chi connectivity index (χ0) is 16.1. The van der Waals surface area contributed by atoms with Crippen molar-refractivity contribution in [3.8, 4) is 5.75 Å². The summed E-state index contributed by atoms with van der Waals surface area (Å²) in [5, 5.41) is 3.09. The maximum atomic E-state index is 6.54. The van der Waals surface area contributed by atoms with E-state index < -0.39 is 0 Å². The average molecular weight is 333 g/mol. The summed E-state index contributed by atoms with van der Waals surface area (Å²) in [6.07, 6.45) is 3.95. The number of nitrogens with one attached hydrogen (secondary N) is 1. The van der Waals surface area contributed by atoms with Gasteiger partial charge in [-0.1, -0.05) is 23.7 Å². The largest absolute Gasteiger partial charge is 0.496 e. The summed E-state index contributed by atoms with van der Waals surface area (Å²) in [5.74, 6) is 0.934. The average Bonchev–Trinajstić information content (AvgIpc) is 2.61. The van der Waals surface area contributed by atoms with Gasteiger partial charge in [-0.2, -0.15) is 0 Å². The van der Waals surface area contributed by atoms with Gasteiger partial charge < -0.3 is 15.0 Å². The molecule has 3 nitrogen and oxygen atoms in total. The molecule has 3 rings (SSSR count). The highest BCUT2D eigenvalue weighted by Crippen LogP contribution is 2.22. The van der Waals surface area contributed by atoms with E-state index in [0.29, 0.717) is 0 Å². The van der Waals surface area contributed by atoms with E-state index in [-0.39, 0.29) is 0 Å². The van der Waals surface area contributed by atoms with E-state index in [1.165, 1.54) is 54.2 Å². The molecule has 0 amide bonds. The van der Waals surface area contributed by atoms with Crippen LogP contribution in [-0.4, -0.2) is 20.2 Å². The first-order valence-corrected chi connectivity index (χ1v) is 8.75. The Bertz CT molecular complexity index is 654. The highest BCUT2D eigenvalue weighted by atomic mass is 35.5. The number of halogens is 1. The van der Waals surface area contributed by atoms with Crippen LogP contribution < -0.4 is 15.0 Å². The number of ether oxygens (including phenoxy) is 1. The molecule has 0 aromatic heterocycles. The smallest absolute Gasteiger partial charge is 0.150 e. The SMILES string of the molecule is COc1ccccc1C[NH2+]c1ccc([NH+]2CCCCC2)c(Cl)c1. The van der Waals surface area contributed by atoms with Crippen molar-refractivity contribution < 1.29 is 15.0 Å². The predicted molar refractivity (Wildman–Crippen MR) is 93.9 cm³/mol. The standard InChI is InChI=1S/C19H23ClN2O/c1-23-19-8-4-3-7-15(19)14-21-16-9-10-18(17(20)13-16)22-11-5-2-6-12-22/h3-4,7-10,13,21H,2,5-6,11-12,14H2,1H3/p+2. The maximum absolute atomic E-state index is 6.54. The lowest BCUT2D eigenvalue weighted by molar-refractivity contribution is -0.838. The summed E-state index contributed by atoms with van der Waals surface area (Å²) in [6, 6.07) is 14.6. The third-order valence-corrected chi connectivity index (χ3v) is 4.89. The Morgan fingerprint density at radius 3 is 2.61 bits per heavy atom. The van der Waals surface area contributed by atoms with E-state index in [2.05, 4.69) is 29.6 Å². The number of para-hydroxylation sites is 1. The number of hydrogen-bond donors (Lipinski definition) is 2. The van der Waals surface area contributed by atoms with Gasteiger partial charge in [-0.05, 0) is 31.4 Å². The molecule has 122 valence electrons. The summed E-state index contributed by atoms with van der Waals surface area (Å²) in [5.41, 5.74) is 3.61. The van der Waals surface area contributed by atoms with Crippen molar-refractivity contribution in [1.82, 2.24) is 0 Å². The normalized spacial score (nSPS) is 15.6. The zero-order valence-corrected chi connectivity index (χ0v) is 14.4. The van der Waals surface area contributed by atoms with Gasteiger partial charge in [0.05, 0.1) is 20.2 Å². The van der Waals surface area contributed by atoms with Crippen LogP contribution >= 0.6 is 11.6 Å². The van der Waals surface area contributed by atoms with Crippen LogP contribution in [0.2, 0.25) is 5.02 Å². The van der Waals surface area contributed by atoms with E-state index in [0.717, 1.165) is 17.3 Å². The molecule has 0 aliphatic carbocycles. The first-order valence-electron chi connectivity index (χ1n) is 8.37. The molecule has 1 aliphatic heterocycles. The monoisotopic (exact) mass is 332 g/mol. The molecule has 3 N–H and O–H groups in total. The topological polar surface area (TPSA) is 30.3 Å². The third-order valence-electron chi connectivity index (χ3n) is 4.58. The van der Waals surface area contributed by atoms with Crippen molar-refractivity contribution in [1.29, 1.82) is 0 Å². The van der Waals surface area contributed by atoms with Crippen LogP contribution in [0.15, 0.2) is 42.5 Å². The molecule has 0 atom stereocenters. The van der Waals surface area contributed by atoms with Gasteiger partial charge in [0.25, 0.3) is 0 Å². The fraction of sp³-hybridized carbons (Fsp3) is 0.368. The van der Waals surface area contributed by atoms with Crippen molar-refractivity contribution in [2.75, 3.05) is 20.2 Å². The van der Waals surface area contributed by atoms with Crippen LogP contribution in [0.4, 0.5) is 11.4 Å². The Morgan fingerprint density at radius 1 is 1.09 bits per heavy atom. The molecular formula is C19H25ClN2O+2. The maximum Gasteiger partial charge on any atom is 0.150 e. The van der Waals surface area contributed by atoms with Crippen LogP contribution in [0.5, 0.6) is 5.75 Å². The molecule has 1 heterocycles. The number of benzene rings is 2. The number of rotatable bonds is 5. The van der Waals surface area contributed by atoms with Gasteiger partial charge in [-0.25, -0.2) is 0 Å². The van der Waals surface area contributed by atoms with Gasteiger partial charge in [0.15, 0.2) is 0 Å². The summed E-state index contributed by atoms with van der Waals surface area (Å²) in [7, 11) is 1.71. The second-order valence-corrected chi connectivity index (χ2v) is 6.53. The van der Waals surface area contributed by atoms with E-state index in [9.17, 15) is 0 Å². The predicted octanol–water partition coefficient (Wildman–Crippen LogP) is 2.44. The van der Waals surface area contributed by atoms with Gasteiger partial charge in [-0.3, -0.25) is 0 Å². The minimum absolute atomic E-state index is 0.844. The molecule has 1 saturated heterocycles. The van der Waals surface area contributed by atoms with Crippen molar-refractivity contribution in [2.24, 2.45) is 0 Å². The lowest BCUT2D eigenvalue weighted by Gasteiger charge is -2.23. The second kappa shape index (κ2) is 7.82. The highest BCUT2D eigenvalue weighted by molar-refractivity contribution is 6.32. The molecule has 0 unspecified atom stereocenters. The highest BCUT2D eigenvalue weighted by Gasteiger charge is 2.19. The first-order chi connectivity index (χ1) is 11.3. The molecule has 0 radical (unpaired) electrons. The van der Waals surface area contributed by atoms with E-state index in [4.69, 9.17) is 16.3 Å². The molecule has 1 aliphatic rings. The molecule has 2 aromatic carbocycles. The Kier molecular flexibility index (Phi) is 5.55. The second-order valence-electron chi connectivity index (χ2n) is 6.12. The lowest BCUT2D eigenvalue weighted by Crippen LogP contribution is -3.08. The van der Waals surface area contributed by atoms with Gasteiger partial charge in [0.1, 0.15) is 28.7 Å². The Labute approximate surface area is 143 Å². The van der Waals surface area contributed by atoms with Crippen LogP contribution in [0.1, 0.15) is 24.8 Å². The summed E-state index contributed by atoms with van der Waals surface area (Å²) < 4.78 is 5.41. The van der Waals surface area contributed by atoms with Crippen LogP contribution in [-0.2, 0) is 6.54 Å². The fourth-order valence-electron chi connectivity index (χ4n) is 3.29. The molecule has 23 heavy (non-hydrogen) atoms.